The number of imidazole rings is 2. The highest BCUT2D eigenvalue weighted by Gasteiger charge is 2.05. The van der Waals surface area contributed by atoms with Crippen LogP contribution in [0, 0.1) is 0 Å². The van der Waals surface area contributed by atoms with Crippen molar-refractivity contribution < 1.29 is 0 Å². The summed E-state index contributed by atoms with van der Waals surface area (Å²) in [7, 11) is 0. The van der Waals surface area contributed by atoms with Gasteiger partial charge in [0.05, 0.1) is 28.6 Å². The van der Waals surface area contributed by atoms with Crippen LogP contribution < -0.4 is 5.73 Å². The number of nitrogen functional groups attached to an aromatic ring is 1. The number of anilines is 1. The average molecular weight is 381 g/mol. The zero-order valence-corrected chi connectivity index (χ0v) is 14.3. The summed E-state index contributed by atoms with van der Waals surface area (Å²) >= 11 is 11.9. The third-order valence-corrected chi connectivity index (χ3v) is 3.66. The van der Waals surface area contributed by atoms with Crippen LogP contribution in [0.1, 0.15) is 5.69 Å². The fourth-order valence-electron chi connectivity index (χ4n) is 1.88. The Morgan fingerprint density at radius 2 is 1.86 bits per heavy atom. The van der Waals surface area contributed by atoms with E-state index in [9.17, 15) is 0 Å². The lowest BCUT2D eigenvalue weighted by Gasteiger charge is -2.04. The molecule has 1 aromatic carbocycles. The molecule has 0 aliphatic rings. The topological polar surface area (TPSA) is 61.7 Å². The van der Waals surface area contributed by atoms with Gasteiger partial charge in [0, 0.05) is 24.3 Å². The van der Waals surface area contributed by atoms with E-state index in [0.717, 1.165) is 11.4 Å². The van der Waals surface area contributed by atoms with Gasteiger partial charge < -0.3 is 14.9 Å². The fraction of sp³-hybridized carbons (Fsp3) is 0.0769. The number of hydrogen-bond donors (Lipinski definition) is 1. The molecule has 0 bridgehead atoms. The van der Waals surface area contributed by atoms with Gasteiger partial charge in [-0.1, -0.05) is 23.2 Å². The number of aromatic nitrogens is 4. The van der Waals surface area contributed by atoms with Crippen LogP contribution in [0.15, 0.2) is 43.1 Å². The maximum Gasteiger partial charge on any atom is 0.200 e. The Morgan fingerprint density at radius 3 is 2.50 bits per heavy atom. The van der Waals surface area contributed by atoms with Crippen molar-refractivity contribution in [2.45, 2.75) is 6.54 Å². The standard InChI is InChI=1S/C13H11Cl2N5.2ClH/c14-11-2-1-10(5-12(11)15)20-7-9(18-8-20)6-19-4-3-17-13(19)16;;/h1-5,7-8H,6H2,(H2,16,17);2*1H. The molecule has 0 spiro atoms. The zero-order chi connectivity index (χ0) is 14.1. The molecule has 0 atom stereocenters. The first-order valence-electron chi connectivity index (χ1n) is 5.88. The predicted molar refractivity (Wildman–Crippen MR) is 93.8 cm³/mol. The summed E-state index contributed by atoms with van der Waals surface area (Å²) < 4.78 is 3.70. The third kappa shape index (κ3) is 3.87. The van der Waals surface area contributed by atoms with Crippen molar-refractivity contribution >= 4 is 54.0 Å². The van der Waals surface area contributed by atoms with E-state index in [1.165, 1.54) is 0 Å². The molecule has 0 aliphatic carbocycles. The molecule has 0 saturated heterocycles. The van der Waals surface area contributed by atoms with E-state index in [2.05, 4.69) is 9.97 Å². The van der Waals surface area contributed by atoms with Crippen molar-refractivity contribution in [3.8, 4) is 5.69 Å². The second kappa shape index (κ2) is 7.74. The molecule has 0 fully saturated rings. The Morgan fingerprint density at radius 1 is 1.09 bits per heavy atom. The molecular formula is C13H13Cl4N5. The highest BCUT2D eigenvalue weighted by molar-refractivity contribution is 6.42. The van der Waals surface area contributed by atoms with E-state index < -0.39 is 0 Å². The first-order valence-corrected chi connectivity index (χ1v) is 6.64. The van der Waals surface area contributed by atoms with Crippen molar-refractivity contribution in [2.75, 3.05) is 5.73 Å². The molecule has 2 N–H and O–H groups in total. The molecule has 22 heavy (non-hydrogen) atoms. The van der Waals surface area contributed by atoms with Crippen LogP contribution in [-0.2, 0) is 6.54 Å². The molecule has 0 amide bonds. The minimum atomic E-state index is 0. The van der Waals surface area contributed by atoms with Gasteiger partial charge in [0.25, 0.3) is 0 Å². The molecule has 2 aromatic heterocycles. The van der Waals surface area contributed by atoms with E-state index in [1.54, 1.807) is 24.7 Å². The first kappa shape index (κ1) is 18.6. The number of halogens is 4. The number of hydrogen-bond acceptors (Lipinski definition) is 3. The third-order valence-electron chi connectivity index (χ3n) is 2.92. The largest absolute Gasteiger partial charge is 0.369 e. The highest BCUT2D eigenvalue weighted by atomic mass is 35.5. The van der Waals surface area contributed by atoms with Gasteiger partial charge in [-0.2, -0.15) is 0 Å². The van der Waals surface area contributed by atoms with Crippen LogP contribution >= 0.6 is 48.0 Å². The minimum Gasteiger partial charge on any atom is -0.369 e. The van der Waals surface area contributed by atoms with Gasteiger partial charge in [0.2, 0.25) is 0 Å². The zero-order valence-electron chi connectivity index (χ0n) is 11.2. The smallest absolute Gasteiger partial charge is 0.200 e. The molecule has 0 radical (unpaired) electrons. The molecule has 0 unspecified atom stereocenters. The molecule has 2 heterocycles. The van der Waals surface area contributed by atoms with Crippen LogP contribution in [0.4, 0.5) is 5.95 Å². The molecule has 3 aromatic rings. The maximum absolute atomic E-state index is 6.01. The molecule has 0 saturated carbocycles. The molecule has 0 aliphatic heterocycles. The molecule has 9 heteroatoms. The lowest BCUT2D eigenvalue weighted by Crippen LogP contribution is -2.03. The monoisotopic (exact) mass is 379 g/mol. The summed E-state index contributed by atoms with van der Waals surface area (Å²) in [5.74, 6) is 0.467. The van der Waals surface area contributed by atoms with Crippen molar-refractivity contribution in [1.82, 2.24) is 19.1 Å². The van der Waals surface area contributed by atoms with Crippen LogP contribution in [0.2, 0.25) is 10.0 Å². The Kier molecular flexibility index (Phi) is 6.56. The second-order valence-corrected chi connectivity index (χ2v) is 5.10. The van der Waals surface area contributed by atoms with E-state index in [0.29, 0.717) is 22.5 Å². The highest BCUT2D eigenvalue weighted by Crippen LogP contribution is 2.24. The maximum atomic E-state index is 6.01. The van der Waals surface area contributed by atoms with Gasteiger partial charge in [0.1, 0.15) is 0 Å². The quantitative estimate of drug-likeness (QED) is 0.750. The van der Waals surface area contributed by atoms with E-state index >= 15 is 0 Å². The van der Waals surface area contributed by atoms with Crippen molar-refractivity contribution in [1.29, 1.82) is 0 Å². The summed E-state index contributed by atoms with van der Waals surface area (Å²) in [4.78, 5) is 8.32. The summed E-state index contributed by atoms with van der Waals surface area (Å²) in [5.41, 5.74) is 7.50. The Hall–Kier alpha value is -1.40. The summed E-state index contributed by atoms with van der Waals surface area (Å²) in [5, 5.41) is 1.04. The summed E-state index contributed by atoms with van der Waals surface area (Å²) in [6, 6.07) is 5.43. The minimum absolute atomic E-state index is 0. The van der Waals surface area contributed by atoms with E-state index in [4.69, 9.17) is 28.9 Å². The Labute approximate surface area is 149 Å². The number of nitrogens with two attached hydrogens (primary N) is 1. The summed E-state index contributed by atoms with van der Waals surface area (Å²) in [6.07, 6.45) is 7.11. The number of benzene rings is 1. The lowest BCUT2D eigenvalue weighted by atomic mass is 10.3. The van der Waals surface area contributed by atoms with Crippen LogP contribution in [-0.4, -0.2) is 19.1 Å². The Bertz CT molecular complexity index is 752. The number of nitrogens with zero attached hydrogens (tertiary/aromatic N) is 4. The fourth-order valence-corrected chi connectivity index (χ4v) is 2.17. The SMILES string of the molecule is Cl.Cl.Nc1nccn1Cc1cn(-c2ccc(Cl)c(Cl)c2)cn1. The van der Waals surface area contributed by atoms with Crippen molar-refractivity contribution in [3.63, 3.8) is 0 Å². The van der Waals surface area contributed by atoms with Gasteiger partial charge in [-0.3, -0.25) is 0 Å². The summed E-state index contributed by atoms with van der Waals surface area (Å²) in [6.45, 7) is 0.570. The molecule has 5 nitrogen and oxygen atoms in total. The van der Waals surface area contributed by atoms with Crippen LogP contribution in [0.3, 0.4) is 0 Å². The average Bonchev–Trinajstić information content (AvgIpc) is 3.04. The van der Waals surface area contributed by atoms with Gasteiger partial charge in [-0.25, -0.2) is 9.97 Å². The van der Waals surface area contributed by atoms with Crippen LogP contribution in [0.25, 0.3) is 5.69 Å². The van der Waals surface area contributed by atoms with Gasteiger partial charge in [0.15, 0.2) is 5.95 Å². The van der Waals surface area contributed by atoms with Crippen LogP contribution in [0.5, 0.6) is 0 Å². The lowest BCUT2D eigenvalue weighted by molar-refractivity contribution is 0.790. The molecule has 118 valence electrons. The van der Waals surface area contributed by atoms with Gasteiger partial charge in [-0.05, 0) is 18.2 Å². The first-order chi connectivity index (χ1) is 9.63. The van der Waals surface area contributed by atoms with Crippen molar-refractivity contribution in [2.24, 2.45) is 0 Å². The molecular weight excluding hydrogens is 368 g/mol. The van der Waals surface area contributed by atoms with Gasteiger partial charge in [-0.15, -0.1) is 24.8 Å². The predicted octanol–water partition coefficient (Wildman–Crippen LogP) is 3.85. The second-order valence-electron chi connectivity index (χ2n) is 4.28. The Balaban J connectivity index is 0.00000121. The van der Waals surface area contributed by atoms with E-state index in [-0.39, 0.29) is 24.8 Å². The normalized spacial score (nSPS) is 9.91. The van der Waals surface area contributed by atoms with Crippen molar-refractivity contribution in [3.05, 3.63) is 58.9 Å². The van der Waals surface area contributed by atoms with E-state index in [1.807, 2.05) is 27.6 Å². The molecule has 3 rings (SSSR count). The van der Waals surface area contributed by atoms with Gasteiger partial charge >= 0.3 is 0 Å². The number of rotatable bonds is 3.